The number of nitrogens with zero attached hydrogens (tertiary/aromatic N) is 5. The van der Waals surface area contributed by atoms with Crippen LogP contribution in [0, 0.1) is 0 Å². The van der Waals surface area contributed by atoms with Crippen LogP contribution in [0.5, 0.6) is 0 Å². The molecule has 0 spiro atoms. The third-order valence-corrected chi connectivity index (χ3v) is 4.58. The number of aryl methyl sites for hydroxylation is 1. The van der Waals surface area contributed by atoms with Crippen molar-refractivity contribution in [1.82, 2.24) is 19.5 Å². The fraction of sp³-hybridized carbons (Fsp3) is 0.684. The largest absolute Gasteiger partial charge is 1.00 e. The number of aromatic nitrogens is 5. The average Bonchev–Trinajstić information content (AvgIpc) is 3.06. The van der Waals surface area contributed by atoms with Crippen LogP contribution in [0.3, 0.4) is 0 Å². The van der Waals surface area contributed by atoms with Crippen LogP contribution in [0.1, 0.15) is 71.1 Å². The van der Waals surface area contributed by atoms with Crippen molar-refractivity contribution in [3.8, 4) is 5.95 Å². The zero-order chi connectivity index (χ0) is 18.6. The lowest BCUT2D eigenvalue weighted by atomic mass is 10.1. The molecule has 0 aliphatic heterocycles. The number of halogens is 2. The molecule has 0 aliphatic rings. The van der Waals surface area contributed by atoms with E-state index < -0.39 is 0 Å². The molecule has 1 N–H and O–H groups in total. The van der Waals surface area contributed by atoms with Crippen molar-refractivity contribution < 1.29 is 17.0 Å². The summed E-state index contributed by atoms with van der Waals surface area (Å²) >= 11 is 6.03. The van der Waals surface area contributed by atoms with Crippen LogP contribution >= 0.6 is 11.6 Å². The van der Waals surface area contributed by atoms with Crippen LogP contribution in [-0.2, 0) is 7.05 Å². The van der Waals surface area contributed by atoms with E-state index in [-0.39, 0.29) is 17.7 Å². The van der Waals surface area contributed by atoms with E-state index in [1.807, 2.05) is 34.9 Å². The lowest BCUT2D eigenvalue weighted by Gasteiger charge is -2.05. The van der Waals surface area contributed by atoms with E-state index in [0.717, 1.165) is 13.0 Å². The molecule has 27 heavy (non-hydrogen) atoms. The number of unbranched alkanes of at least 4 members (excludes halogenated alkanes) is 9. The number of nitrogens with one attached hydrogen (secondary N) is 1. The molecule has 0 saturated carbocycles. The van der Waals surface area contributed by atoms with Crippen molar-refractivity contribution in [2.24, 2.45) is 7.05 Å². The van der Waals surface area contributed by atoms with Crippen LogP contribution in [0.4, 0.5) is 5.95 Å². The normalized spacial score (nSPS) is 10.6. The second-order valence-electron chi connectivity index (χ2n) is 6.82. The van der Waals surface area contributed by atoms with Gasteiger partial charge < -0.3 is 17.7 Å². The van der Waals surface area contributed by atoms with E-state index in [1.54, 1.807) is 0 Å². The molecule has 0 saturated heterocycles. The molecule has 2 rings (SSSR count). The Labute approximate surface area is 174 Å². The van der Waals surface area contributed by atoms with Gasteiger partial charge in [0.2, 0.25) is 11.2 Å². The highest BCUT2D eigenvalue weighted by atomic mass is 35.5. The van der Waals surface area contributed by atoms with Crippen LogP contribution in [0.15, 0.2) is 18.7 Å². The molecule has 2 aromatic rings. The van der Waals surface area contributed by atoms with E-state index in [1.165, 1.54) is 57.8 Å². The van der Waals surface area contributed by atoms with Crippen molar-refractivity contribution in [3.63, 3.8) is 0 Å². The molecule has 0 aromatic carbocycles. The predicted molar refractivity (Wildman–Crippen MR) is 106 cm³/mol. The smallest absolute Gasteiger partial charge is 0.331 e. The lowest BCUT2D eigenvalue weighted by molar-refractivity contribution is -0.670. The third-order valence-electron chi connectivity index (χ3n) is 4.41. The van der Waals surface area contributed by atoms with Gasteiger partial charge in [-0.15, -0.1) is 0 Å². The Morgan fingerprint density at radius 3 is 2.19 bits per heavy atom. The highest BCUT2D eigenvalue weighted by molar-refractivity contribution is 6.28. The molecular weight excluding hydrogens is 383 g/mol. The number of anilines is 1. The maximum absolute atomic E-state index is 6.03. The van der Waals surface area contributed by atoms with Crippen molar-refractivity contribution in [2.75, 3.05) is 11.9 Å². The summed E-state index contributed by atoms with van der Waals surface area (Å²) in [7, 11) is 1.95. The van der Waals surface area contributed by atoms with Gasteiger partial charge in [-0.25, -0.2) is 4.57 Å². The second-order valence-corrected chi connectivity index (χ2v) is 7.16. The Bertz CT molecular complexity index is 647. The molecule has 0 radical (unpaired) electrons. The number of rotatable bonds is 13. The second kappa shape index (κ2) is 13.7. The minimum atomic E-state index is 0. The highest BCUT2D eigenvalue weighted by Crippen LogP contribution is 2.12. The summed E-state index contributed by atoms with van der Waals surface area (Å²) in [5.41, 5.74) is 0. The van der Waals surface area contributed by atoms with E-state index in [9.17, 15) is 0 Å². The summed E-state index contributed by atoms with van der Waals surface area (Å²) < 4.78 is 3.74. The minimum Gasteiger partial charge on any atom is -1.00 e. The molecule has 0 unspecified atom stereocenters. The zero-order valence-electron chi connectivity index (χ0n) is 16.5. The third kappa shape index (κ3) is 9.38. The van der Waals surface area contributed by atoms with Crippen molar-refractivity contribution >= 4 is 17.5 Å². The first kappa shape index (κ1) is 23.6. The molecule has 2 heterocycles. The average molecular weight is 415 g/mol. The predicted octanol–water partition coefficient (Wildman–Crippen LogP) is 1.48. The standard InChI is InChI=1S/C19H32ClN6.ClH/c1-3-4-5-6-7-8-9-10-11-12-13-21-18-22-17(20)23-19(24-18)26-15-14-25(2)16-26;/h14-16H,3-13H2,1-2H3,(H,21,22,23,24);1H/q+1;/p-1. The van der Waals surface area contributed by atoms with Gasteiger partial charge in [-0.1, -0.05) is 64.7 Å². The summed E-state index contributed by atoms with van der Waals surface area (Å²) in [5.74, 6) is 1.06. The summed E-state index contributed by atoms with van der Waals surface area (Å²) in [4.78, 5) is 12.8. The first-order valence-electron chi connectivity index (χ1n) is 9.88. The van der Waals surface area contributed by atoms with Gasteiger partial charge in [-0.2, -0.15) is 19.5 Å². The Balaban J connectivity index is 0.00000364. The Hall–Kier alpha value is -1.40. The molecule has 152 valence electrons. The Morgan fingerprint density at radius 1 is 0.963 bits per heavy atom. The van der Waals surface area contributed by atoms with Gasteiger partial charge in [-0.3, -0.25) is 0 Å². The summed E-state index contributed by atoms with van der Waals surface area (Å²) in [5, 5.41) is 3.47. The van der Waals surface area contributed by atoms with Crippen molar-refractivity contribution in [1.29, 1.82) is 0 Å². The Morgan fingerprint density at radius 2 is 1.59 bits per heavy atom. The molecule has 2 aromatic heterocycles. The molecular formula is C19H32Cl2N6. The molecule has 0 bridgehead atoms. The fourth-order valence-corrected chi connectivity index (χ4v) is 3.07. The fourth-order valence-electron chi connectivity index (χ4n) is 2.92. The molecule has 6 nitrogen and oxygen atoms in total. The van der Waals surface area contributed by atoms with E-state index in [2.05, 4.69) is 27.2 Å². The lowest BCUT2D eigenvalue weighted by Crippen LogP contribution is -3.00. The SMILES string of the molecule is CCCCCCCCCCCCNc1nc(Cl)nc(-n2cc[n+](C)c2)n1.[Cl-]. The first-order valence-corrected chi connectivity index (χ1v) is 10.3. The van der Waals surface area contributed by atoms with E-state index >= 15 is 0 Å². The first-order chi connectivity index (χ1) is 12.7. The van der Waals surface area contributed by atoms with Crippen LogP contribution in [0.25, 0.3) is 5.95 Å². The maximum atomic E-state index is 6.03. The van der Waals surface area contributed by atoms with Gasteiger partial charge in [0.15, 0.2) is 0 Å². The monoisotopic (exact) mass is 414 g/mol. The van der Waals surface area contributed by atoms with Gasteiger partial charge in [0.25, 0.3) is 6.33 Å². The quantitative estimate of drug-likeness (QED) is 0.398. The number of hydrogen-bond donors (Lipinski definition) is 1. The summed E-state index contributed by atoms with van der Waals surface area (Å²) in [6, 6.07) is 0. The molecule has 0 amide bonds. The van der Waals surface area contributed by atoms with Crippen LogP contribution < -0.4 is 22.3 Å². The summed E-state index contributed by atoms with van der Waals surface area (Å²) in [6.45, 7) is 3.12. The minimum absolute atomic E-state index is 0. The van der Waals surface area contributed by atoms with Crippen LogP contribution in [-0.4, -0.2) is 26.1 Å². The Kier molecular flexibility index (Phi) is 12.0. The molecule has 0 atom stereocenters. The van der Waals surface area contributed by atoms with Gasteiger partial charge in [0.05, 0.1) is 7.05 Å². The van der Waals surface area contributed by atoms with Gasteiger partial charge in [-0.05, 0) is 18.0 Å². The van der Waals surface area contributed by atoms with E-state index in [0.29, 0.717) is 11.9 Å². The summed E-state index contributed by atoms with van der Waals surface area (Å²) in [6.07, 6.45) is 19.0. The van der Waals surface area contributed by atoms with Gasteiger partial charge >= 0.3 is 5.95 Å². The van der Waals surface area contributed by atoms with Crippen LogP contribution in [0.2, 0.25) is 5.28 Å². The highest BCUT2D eigenvalue weighted by Gasteiger charge is 2.11. The van der Waals surface area contributed by atoms with E-state index in [4.69, 9.17) is 11.6 Å². The molecule has 0 fully saturated rings. The number of hydrogen-bond acceptors (Lipinski definition) is 4. The van der Waals surface area contributed by atoms with Gasteiger partial charge in [0, 0.05) is 6.54 Å². The molecule has 0 aliphatic carbocycles. The number of imidazole rings is 1. The van der Waals surface area contributed by atoms with Gasteiger partial charge in [0.1, 0.15) is 12.4 Å². The zero-order valence-corrected chi connectivity index (χ0v) is 18.0. The topological polar surface area (TPSA) is 59.5 Å². The van der Waals surface area contributed by atoms with Crippen molar-refractivity contribution in [3.05, 3.63) is 24.0 Å². The molecule has 8 heteroatoms. The maximum Gasteiger partial charge on any atom is 0.331 e. The van der Waals surface area contributed by atoms with Crippen molar-refractivity contribution in [2.45, 2.75) is 71.1 Å².